The number of aromatic nitrogens is 5. The van der Waals surface area contributed by atoms with Crippen LogP contribution in [0.3, 0.4) is 0 Å². The molecule has 2 atom stereocenters. The molecule has 7 nitrogen and oxygen atoms in total. The normalized spacial score (nSPS) is 18.1. The molecule has 0 aliphatic carbocycles. The van der Waals surface area contributed by atoms with Gasteiger partial charge in [0.1, 0.15) is 5.69 Å². The van der Waals surface area contributed by atoms with Crippen LogP contribution in [0.2, 0.25) is 0 Å². The number of fused-ring (bicyclic) bond motifs is 1. The second-order valence-electron chi connectivity index (χ2n) is 6.20. The van der Waals surface area contributed by atoms with E-state index in [1.165, 1.54) is 0 Å². The molecule has 3 heterocycles. The number of hydrogen-bond acceptors (Lipinski definition) is 5. The zero-order valence-corrected chi connectivity index (χ0v) is 14.1. The molecule has 1 aliphatic rings. The van der Waals surface area contributed by atoms with E-state index >= 15 is 0 Å². The molecule has 0 bridgehead atoms. The monoisotopic (exact) mass is 334 g/mol. The van der Waals surface area contributed by atoms with Crippen molar-refractivity contribution in [2.75, 3.05) is 0 Å². The van der Waals surface area contributed by atoms with E-state index in [1.54, 1.807) is 18.6 Å². The molecule has 0 radical (unpaired) electrons. The Labute approximate surface area is 145 Å². The first-order chi connectivity index (χ1) is 12.2. The van der Waals surface area contributed by atoms with Gasteiger partial charge in [-0.2, -0.15) is 0 Å². The lowest BCUT2D eigenvalue weighted by Crippen LogP contribution is -2.48. The van der Waals surface area contributed by atoms with Crippen molar-refractivity contribution in [2.24, 2.45) is 0 Å². The van der Waals surface area contributed by atoms with Gasteiger partial charge in [0.05, 0.1) is 12.2 Å². The molecule has 1 aromatic carbocycles. The topological polar surface area (TPSA) is 76.8 Å². The second-order valence-corrected chi connectivity index (χ2v) is 6.20. The predicted molar refractivity (Wildman–Crippen MR) is 91.5 cm³/mol. The quantitative estimate of drug-likeness (QED) is 0.735. The number of hydrogen-bond donors (Lipinski definition) is 0. The molecule has 0 fully saturated rings. The van der Waals surface area contributed by atoms with E-state index in [1.807, 2.05) is 53.6 Å². The Morgan fingerprint density at radius 2 is 1.88 bits per heavy atom. The average Bonchev–Trinajstić information content (AvgIpc) is 3.07. The lowest BCUT2D eigenvalue weighted by atomic mass is 10.0. The molecule has 1 aliphatic heterocycles. The van der Waals surface area contributed by atoms with Gasteiger partial charge in [-0.1, -0.05) is 30.3 Å². The van der Waals surface area contributed by atoms with Crippen LogP contribution in [0, 0.1) is 0 Å². The Bertz CT molecular complexity index is 892. The van der Waals surface area contributed by atoms with E-state index in [4.69, 9.17) is 0 Å². The van der Waals surface area contributed by atoms with Crippen molar-refractivity contribution in [1.82, 2.24) is 29.6 Å². The van der Waals surface area contributed by atoms with Crippen molar-refractivity contribution < 1.29 is 4.79 Å². The SMILES string of the molecule is C[C@H](c1ccccc1)N1C(=O)c2nnc(-c3cnccn3)n2C[C@@H]1C. The smallest absolute Gasteiger partial charge is 0.292 e. The standard InChI is InChI=1S/C18H18N6O/c1-12-11-23-16(15-10-19-8-9-20-15)21-22-17(23)18(25)24(12)13(2)14-6-4-3-5-7-14/h3-10,12-13H,11H2,1-2H3/t12-,13+/m0/s1. The number of nitrogens with zero attached hydrogens (tertiary/aromatic N) is 6. The van der Waals surface area contributed by atoms with Gasteiger partial charge < -0.3 is 4.90 Å². The first-order valence-corrected chi connectivity index (χ1v) is 8.24. The fourth-order valence-corrected chi connectivity index (χ4v) is 3.36. The van der Waals surface area contributed by atoms with Gasteiger partial charge in [-0.15, -0.1) is 10.2 Å². The van der Waals surface area contributed by atoms with Gasteiger partial charge in [0.15, 0.2) is 5.82 Å². The molecular formula is C18H18N6O. The molecule has 0 unspecified atom stereocenters. The number of amides is 1. The van der Waals surface area contributed by atoms with Crippen LogP contribution in [0.1, 0.15) is 36.1 Å². The third-order valence-corrected chi connectivity index (χ3v) is 4.59. The number of carbonyl (C=O) groups excluding carboxylic acids is 1. The summed E-state index contributed by atoms with van der Waals surface area (Å²) in [6.45, 7) is 4.71. The highest BCUT2D eigenvalue weighted by Crippen LogP contribution is 2.29. The Morgan fingerprint density at radius 3 is 2.60 bits per heavy atom. The summed E-state index contributed by atoms with van der Waals surface area (Å²) in [4.78, 5) is 23.3. The van der Waals surface area contributed by atoms with E-state index in [2.05, 4.69) is 20.2 Å². The Morgan fingerprint density at radius 1 is 1.12 bits per heavy atom. The van der Waals surface area contributed by atoms with E-state index in [-0.39, 0.29) is 18.0 Å². The average molecular weight is 334 g/mol. The van der Waals surface area contributed by atoms with Crippen LogP contribution in [0.4, 0.5) is 0 Å². The molecule has 3 aromatic rings. The maximum absolute atomic E-state index is 13.1. The Balaban J connectivity index is 1.71. The van der Waals surface area contributed by atoms with E-state index in [0.717, 1.165) is 5.56 Å². The summed E-state index contributed by atoms with van der Waals surface area (Å²) in [5, 5.41) is 8.31. The zero-order chi connectivity index (χ0) is 17.4. The maximum atomic E-state index is 13.1. The molecule has 0 saturated carbocycles. The van der Waals surface area contributed by atoms with Gasteiger partial charge in [-0.3, -0.25) is 14.3 Å². The van der Waals surface area contributed by atoms with Gasteiger partial charge in [0.25, 0.3) is 5.91 Å². The summed E-state index contributed by atoms with van der Waals surface area (Å²) in [5.74, 6) is 0.814. The lowest BCUT2D eigenvalue weighted by Gasteiger charge is -2.38. The Hall–Kier alpha value is -3.09. The lowest BCUT2D eigenvalue weighted by molar-refractivity contribution is 0.0509. The maximum Gasteiger partial charge on any atom is 0.292 e. The summed E-state index contributed by atoms with van der Waals surface area (Å²) < 4.78 is 1.84. The summed E-state index contributed by atoms with van der Waals surface area (Å²) in [7, 11) is 0. The third-order valence-electron chi connectivity index (χ3n) is 4.59. The van der Waals surface area contributed by atoms with Crippen molar-refractivity contribution in [3.05, 3.63) is 60.3 Å². The summed E-state index contributed by atoms with van der Waals surface area (Å²) in [6.07, 6.45) is 4.84. The van der Waals surface area contributed by atoms with Gasteiger partial charge >= 0.3 is 0 Å². The van der Waals surface area contributed by atoms with Crippen LogP contribution in [0.5, 0.6) is 0 Å². The van der Waals surface area contributed by atoms with Gasteiger partial charge in [-0.05, 0) is 19.4 Å². The summed E-state index contributed by atoms with van der Waals surface area (Å²) >= 11 is 0. The van der Waals surface area contributed by atoms with Gasteiger partial charge in [0.2, 0.25) is 5.82 Å². The first-order valence-electron chi connectivity index (χ1n) is 8.24. The third kappa shape index (κ3) is 2.57. The molecule has 25 heavy (non-hydrogen) atoms. The van der Waals surface area contributed by atoms with Crippen molar-refractivity contribution in [3.8, 4) is 11.5 Å². The minimum atomic E-state index is -0.113. The second kappa shape index (κ2) is 6.08. The van der Waals surface area contributed by atoms with Crippen LogP contribution in [-0.2, 0) is 6.54 Å². The largest absolute Gasteiger partial charge is 0.325 e. The van der Waals surface area contributed by atoms with Crippen LogP contribution >= 0.6 is 0 Å². The fourth-order valence-electron chi connectivity index (χ4n) is 3.36. The number of benzene rings is 1. The van der Waals surface area contributed by atoms with Crippen molar-refractivity contribution >= 4 is 5.91 Å². The minimum Gasteiger partial charge on any atom is -0.325 e. The van der Waals surface area contributed by atoms with Crippen molar-refractivity contribution in [1.29, 1.82) is 0 Å². The fraction of sp³-hybridized carbons (Fsp3) is 0.278. The minimum absolute atomic E-state index is 0.0154. The molecule has 4 rings (SSSR count). The highest BCUT2D eigenvalue weighted by molar-refractivity contribution is 5.92. The molecule has 126 valence electrons. The van der Waals surface area contributed by atoms with Crippen LogP contribution in [0.25, 0.3) is 11.5 Å². The molecular weight excluding hydrogens is 316 g/mol. The van der Waals surface area contributed by atoms with Crippen LogP contribution < -0.4 is 0 Å². The summed E-state index contributed by atoms with van der Waals surface area (Å²) in [5.41, 5.74) is 1.72. The molecule has 1 amide bonds. The number of carbonyl (C=O) groups is 1. The highest BCUT2D eigenvalue weighted by Gasteiger charge is 2.37. The molecule has 0 N–H and O–H groups in total. The molecule has 0 spiro atoms. The van der Waals surface area contributed by atoms with E-state index in [9.17, 15) is 4.79 Å². The van der Waals surface area contributed by atoms with E-state index in [0.29, 0.717) is 23.9 Å². The molecule has 0 saturated heterocycles. The number of rotatable bonds is 3. The predicted octanol–water partition coefficient (Wildman–Crippen LogP) is 2.34. The molecule has 7 heteroatoms. The van der Waals surface area contributed by atoms with E-state index < -0.39 is 0 Å². The van der Waals surface area contributed by atoms with Crippen LogP contribution in [0.15, 0.2) is 48.9 Å². The molecule has 2 aromatic heterocycles. The first kappa shape index (κ1) is 15.4. The van der Waals surface area contributed by atoms with Crippen molar-refractivity contribution in [2.45, 2.75) is 32.5 Å². The zero-order valence-electron chi connectivity index (χ0n) is 14.1. The Kier molecular flexibility index (Phi) is 3.76. The van der Waals surface area contributed by atoms with Gasteiger partial charge in [0, 0.05) is 25.0 Å². The van der Waals surface area contributed by atoms with Gasteiger partial charge in [-0.25, -0.2) is 4.98 Å². The summed E-state index contributed by atoms with van der Waals surface area (Å²) in [6, 6.07) is 10.0. The van der Waals surface area contributed by atoms with Crippen LogP contribution in [-0.4, -0.2) is 41.6 Å². The van der Waals surface area contributed by atoms with Crippen molar-refractivity contribution in [3.63, 3.8) is 0 Å². The highest BCUT2D eigenvalue weighted by atomic mass is 16.2.